The first-order valence-corrected chi connectivity index (χ1v) is 10.7. The minimum atomic E-state index is -3.44. The molecule has 0 radical (unpaired) electrons. The van der Waals surface area contributed by atoms with E-state index in [4.69, 9.17) is 0 Å². The van der Waals surface area contributed by atoms with Gasteiger partial charge in [0.15, 0.2) is 0 Å². The van der Waals surface area contributed by atoms with Gasteiger partial charge in [-0.3, -0.25) is 4.79 Å². The van der Waals surface area contributed by atoms with E-state index in [9.17, 15) is 13.2 Å². The lowest BCUT2D eigenvalue weighted by molar-refractivity contribution is -0.118. The van der Waals surface area contributed by atoms with Gasteiger partial charge in [-0.15, -0.1) is 0 Å². The number of hydrogen-bond donors (Lipinski definition) is 0. The predicted octanol–water partition coefficient (Wildman–Crippen LogP) is 2.47. The van der Waals surface area contributed by atoms with Crippen LogP contribution in [0.25, 0.3) is 0 Å². The molecule has 0 saturated carbocycles. The molecule has 0 spiro atoms. The Bertz CT molecular complexity index is 866. The zero-order chi connectivity index (χ0) is 18.6. The molecule has 0 aromatic heterocycles. The molecular weight excluding hydrogens is 348 g/mol. The number of hydrogen-bond acceptors (Lipinski definition) is 3. The highest BCUT2D eigenvalue weighted by Gasteiger charge is 2.28. The average molecular weight is 372 g/mol. The Labute approximate surface area is 155 Å². The Morgan fingerprint density at radius 1 is 1.08 bits per heavy atom. The highest BCUT2D eigenvalue weighted by atomic mass is 32.2. The molecule has 1 aliphatic heterocycles. The first-order chi connectivity index (χ1) is 12.4. The van der Waals surface area contributed by atoms with Gasteiger partial charge in [-0.2, -0.15) is 4.31 Å². The van der Waals surface area contributed by atoms with Gasteiger partial charge in [-0.05, 0) is 36.5 Å². The van der Waals surface area contributed by atoms with Crippen molar-refractivity contribution in [3.63, 3.8) is 0 Å². The van der Waals surface area contributed by atoms with Gasteiger partial charge in [0.1, 0.15) is 0 Å². The van der Waals surface area contributed by atoms with Gasteiger partial charge >= 0.3 is 0 Å². The zero-order valence-corrected chi connectivity index (χ0v) is 15.8. The van der Waals surface area contributed by atoms with Gasteiger partial charge in [-0.1, -0.05) is 48.5 Å². The van der Waals surface area contributed by atoms with Gasteiger partial charge in [0.25, 0.3) is 0 Å². The zero-order valence-electron chi connectivity index (χ0n) is 15.0. The molecule has 2 aromatic carbocycles. The number of sulfonamides is 1. The quantitative estimate of drug-likeness (QED) is 0.750. The van der Waals surface area contributed by atoms with Crippen molar-refractivity contribution in [2.75, 3.05) is 30.8 Å². The van der Waals surface area contributed by atoms with Crippen molar-refractivity contribution in [3.8, 4) is 0 Å². The second kappa shape index (κ2) is 8.01. The maximum absolute atomic E-state index is 12.7. The molecule has 1 heterocycles. The molecule has 0 atom stereocenters. The van der Waals surface area contributed by atoms with Crippen LogP contribution in [-0.4, -0.2) is 44.5 Å². The van der Waals surface area contributed by atoms with Crippen LogP contribution >= 0.6 is 0 Å². The summed E-state index contributed by atoms with van der Waals surface area (Å²) in [7, 11) is -3.44. The first-order valence-electron chi connectivity index (χ1n) is 8.82. The number of fused-ring (bicyclic) bond motifs is 1. The van der Waals surface area contributed by atoms with Gasteiger partial charge in [0.05, 0.1) is 12.8 Å². The Balaban J connectivity index is 1.63. The lowest BCUT2D eigenvalue weighted by atomic mass is 10.1. The number of anilines is 1. The highest BCUT2D eigenvalue weighted by molar-refractivity contribution is 7.88. The summed E-state index contributed by atoms with van der Waals surface area (Å²) in [4.78, 5) is 14.4. The second-order valence-corrected chi connectivity index (χ2v) is 8.59. The number of carbonyl (C=O) groups excluding carboxylic acids is 1. The maximum Gasteiger partial charge on any atom is 0.242 e. The van der Waals surface area contributed by atoms with E-state index in [0.717, 1.165) is 24.1 Å². The number of nitrogens with zero attached hydrogens (tertiary/aromatic N) is 2. The molecule has 0 bridgehead atoms. The largest absolute Gasteiger partial charge is 0.311 e. The van der Waals surface area contributed by atoms with Crippen LogP contribution in [-0.2, 0) is 27.7 Å². The van der Waals surface area contributed by atoms with Gasteiger partial charge in [0, 0.05) is 18.8 Å². The van der Waals surface area contributed by atoms with Crippen LogP contribution in [0.1, 0.15) is 17.5 Å². The lowest BCUT2D eigenvalue weighted by Gasteiger charge is -2.23. The Morgan fingerprint density at radius 2 is 1.77 bits per heavy atom. The van der Waals surface area contributed by atoms with E-state index in [1.165, 1.54) is 16.1 Å². The summed E-state index contributed by atoms with van der Waals surface area (Å²) in [5, 5.41) is 0. The molecule has 3 rings (SSSR count). The topological polar surface area (TPSA) is 57.7 Å². The smallest absolute Gasteiger partial charge is 0.242 e. The summed E-state index contributed by atoms with van der Waals surface area (Å²) in [6.07, 6.45) is 3.45. The summed E-state index contributed by atoms with van der Waals surface area (Å²) < 4.78 is 25.5. The summed E-state index contributed by atoms with van der Waals surface area (Å²) in [6, 6.07) is 17.7. The second-order valence-electron chi connectivity index (χ2n) is 6.61. The predicted molar refractivity (Wildman–Crippen MR) is 104 cm³/mol. The normalized spacial score (nSPS) is 13.8. The molecular formula is C20H24N2O3S. The minimum Gasteiger partial charge on any atom is -0.311 e. The number of benzene rings is 2. The van der Waals surface area contributed by atoms with E-state index in [1.807, 2.05) is 54.6 Å². The molecule has 1 amide bonds. The third-order valence-electron chi connectivity index (χ3n) is 4.68. The molecule has 6 heteroatoms. The van der Waals surface area contributed by atoms with Crippen LogP contribution in [0, 0.1) is 0 Å². The van der Waals surface area contributed by atoms with E-state index in [-0.39, 0.29) is 12.5 Å². The monoisotopic (exact) mass is 372 g/mol. The third-order valence-corrected chi connectivity index (χ3v) is 5.93. The molecule has 0 fully saturated rings. The van der Waals surface area contributed by atoms with Crippen molar-refractivity contribution >= 4 is 21.6 Å². The Morgan fingerprint density at radius 3 is 2.50 bits per heavy atom. The fourth-order valence-corrected chi connectivity index (χ4v) is 4.11. The number of aryl methyl sites for hydroxylation is 1. The molecule has 0 N–H and O–H groups in total. The van der Waals surface area contributed by atoms with Crippen molar-refractivity contribution in [1.82, 2.24) is 4.31 Å². The van der Waals surface area contributed by atoms with Crippen molar-refractivity contribution in [1.29, 1.82) is 0 Å². The molecule has 26 heavy (non-hydrogen) atoms. The standard InChI is InChI=1S/C20H24N2O3S/c1-26(24,25)21(14-7-10-17-8-3-2-4-9-17)16-20(23)22-15-13-18-11-5-6-12-19(18)22/h2-6,8-9,11-12H,7,10,13-16H2,1H3. The van der Waals surface area contributed by atoms with Gasteiger partial charge in [-0.25, -0.2) is 8.42 Å². The molecule has 0 aliphatic carbocycles. The molecule has 0 saturated heterocycles. The highest BCUT2D eigenvalue weighted by Crippen LogP contribution is 2.27. The number of amides is 1. The molecule has 5 nitrogen and oxygen atoms in total. The summed E-state index contributed by atoms with van der Waals surface area (Å²) >= 11 is 0. The molecule has 2 aromatic rings. The number of carbonyl (C=O) groups is 1. The lowest BCUT2D eigenvalue weighted by Crippen LogP contribution is -2.42. The molecule has 0 unspecified atom stereocenters. The van der Waals surface area contributed by atoms with Crippen LogP contribution in [0.2, 0.25) is 0 Å². The van der Waals surface area contributed by atoms with Crippen LogP contribution in [0.3, 0.4) is 0 Å². The van der Waals surface area contributed by atoms with Crippen LogP contribution in [0.5, 0.6) is 0 Å². The Hall–Kier alpha value is -2.18. The van der Waals surface area contributed by atoms with Crippen molar-refractivity contribution in [3.05, 3.63) is 65.7 Å². The van der Waals surface area contributed by atoms with Crippen molar-refractivity contribution in [2.24, 2.45) is 0 Å². The van der Waals surface area contributed by atoms with E-state index in [0.29, 0.717) is 19.5 Å². The first kappa shape index (κ1) is 18.6. The van der Waals surface area contributed by atoms with Crippen LogP contribution in [0.4, 0.5) is 5.69 Å². The van der Waals surface area contributed by atoms with E-state index in [1.54, 1.807) is 4.90 Å². The average Bonchev–Trinajstić information content (AvgIpc) is 3.05. The van der Waals surface area contributed by atoms with Crippen molar-refractivity contribution < 1.29 is 13.2 Å². The van der Waals surface area contributed by atoms with Gasteiger partial charge in [0.2, 0.25) is 15.9 Å². The summed E-state index contributed by atoms with van der Waals surface area (Å²) in [5.41, 5.74) is 3.20. The molecule has 1 aliphatic rings. The maximum atomic E-state index is 12.7. The Kier molecular flexibility index (Phi) is 5.74. The fourth-order valence-electron chi connectivity index (χ4n) is 3.30. The van der Waals surface area contributed by atoms with Gasteiger partial charge < -0.3 is 4.90 Å². The minimum absolute atomic E-state index is 0.109. The molecule has 138 valence electrons. The number of para-hydroxylation sites is 1. The SMILES string of the molecule is CS(=O)(=O)N(CCCc1ccccc1)CC(=O)N1CCc2ccccc21. The summed E-state index contributed by atoms with van der Waals surface area (Å²) in [5.74, 6) is -0.167. The fraction of sp³-hybridized carbons (Fsp3) is 0.350. The van der Waals surface area contributed by atoms with Crippen LogP contribution in [0.15, 0.2) is 54.6 Å². The number of rotatable bonds is 7. The summed E-state index contributed by atoms with van der Waals surface area (Å²) in [6.45, 7) is 0.844. The van der Waals surface area contributed by atoms with Crippen LogP contribution < -0.4 is 4.90 Å². The third kappa shape index (κ3) is 4.51. The van der Waals surface area contributed by atoms with E-state index >= 15 is 0 Å². The van der Waals surface area contributed by atoms with E-state index < -0.39 is 10.0 Å². The van der Waals surface area contributed by atoms with Crippen molar-refractivity contribution in [2.45, 2.75) is 19.3 Å². The van der Waals surface area contributed by atoms with E-state index in [2.05, 4.69) is 0 Å².